The lowest BCUT2D eigenvalue weighted by molar-refractivity contribution is -0.132. The topological polar surface area (TPSA) is 32.7 Å². The Bertz CT molecular complexity index is 423. The molecule has 0 unspecified atom stereocenters. The van der Waals surface area contributed by atoms with Gasteiger partial charge in [0, 0.05) is 26.2 Å². The SMILES string of the molecule is Cc1ccc(CN2CC[C@H](O)[C@]3(CCCO3)C2)cc1. The average Bonchev–Trinajstić information content (AvgIpc) is 2.86. The molecule has 0 aliphatic carbocycles. The van der Waals surface area contributed by atoms with Crippen molar-refractivity contribution < 1.29 is 9.84 Å². The second kappa shape index (κ2) is 5.23. The minimum absolute atomic E-state index is 0.288. The van der Waals surface area contributed by atoms with E-state index in [-0.39, 0.29) is 11.7 Å². The van der Waals surface area contributed by atoms with E-state index in [0.29, 0.717) is 0 Å². The van der Waals surface area contributed by atoms with Gasteiger partial charge < -0.3 is 9.84 Å². The Kier molecular flexibility index (Phi) is 3.61. The van der Waals surface area contributed by atoms with Gasteiger partial charge in [-0.3, -0.25) is 4.90 Å². The summed E-state index contributed by atoms with van der Waals surface area (Å²) in [5.74, 6) is 0. The Hall–Kier alpha value is -0.900. The molecule has 0 saturated carbocycles. The second-order valence-electron chi connectivity index (χ2n) is 6.02. The Balaban J connectivity index is 1.67. The fourth-order valence-electron chi connectivity index (χ4n) is 3.32. The number of ether oxygens (including phenoxy) is 1. The Morgan fingerprint density at radius 3 is 2.84 bits per heavy atom. The molecule has 2 atom stereocenters. The summed E-state index contributed by atoms with van der Waals surface area (Å²) >= 11 is 0. The molecule has 2 aliphatic rings. The van der Waals surface area contributed by atoms with Gasteiger partial charge in [0.1, 0.15) is 5.60 Å². The van der Waals surface area contributed by atoms with Crippen LogP contribution in [0.3, 0.4) is 0 Å². The van der Waals surface area contributed by atoms with E-state index in [9.17, 15) is 5.11 Å². The summed E-state index contributed by atoms with van der Waals surface area (Å²) in [6.45, 7) is 5.69. The van der Waals surface area contributed by atoms with Crippen LogP contribution in [0.15, 0.2) is 24.3 Å². The molecule has 19 heavy (non-hydrogen) atoms. The van der Waals surface area contributed by atoms with Crippen LogP contribution in [0.5, 0.6) is 0 Å². The number of hydrogen-bond donors (Lipinski definition) is 1. The predicted molar refractivity (Wildman–Crippen MR) is 75.0 cm³/mol. The Morgan fingerprint density at radius 1 is 1.37 bits per heavy atom. The Labute approximate surface area is 115 Å². The van der Waals surface area contributed by atoms with Crippen LogP contribution in [0.25, 0.3) is 0 Å². The van der Waals surface area contributed by atoms with Crippen LogP contribution in [0.1, 0.15) is 30.4 Å². The summed E-state index contributed by atoms with van der Waals surface area (Å²) in [7, 11) is 0. The summed E-state index contributed by atoms with van der Waals surface area (Å²) in [6.07, 6.45) is 2.61. The first kappa shape index (κ1) is 13.1. The van der Waals surface area contributed by atoms with Crippen LogP contribution >= 0.6 is 0 Å². The van der Waals surface area contributed by atoms with Gasteiger partial charge in [0.15, 0.2) is 0 Å². The van der Waals surface area contributed by atoms with E-state index < -0.39 is 0 Å². The van der Waals surface area contributed by atoms with Gasteiger partial charge in [-0.2, -0.15) is 0 Å². The van der Waals surface area contributed by atoms with E-state index >= 15 is 0 Å². The third-order valence-electron chi connectivity index (χ3n) is 4.48. The molecule has 2 aliphatic heterocycles. The van der Waals surface area contributed by atoms with Gasteiger partial charge >= 0.3 is 0 Å². The first-order chi connectivity index (χ1) is 9.18. The van der Waals surface area contributed by atoms with Crippen LogP contribution in [-0.4, -0.2) is 41.4 Å². The summed E-state index contributed by atoms with van der Waals surface area (Å²) in [4.78, 5) is 2.42. The standard InChI is InChI=1S/C16H23NO2/c1-13-3-5-14(6-4-13)11-17-9-7-15(18)16(12-17)8-2-10-19-16/h3-6,15,18H,2,7-12H2,1H3/t15-,16-/m0/s1. The molecule has 1 aromatic carbocycles. The van der Waals surface area contributed by atoms with Gasteiger partial charge in [-0.25, -0.2) is 0 Å². The number of aliphatic hydroxyl groups excluding tert-OH is 1. The molecule has 2 saturated heterocycles. The zero-order valence-electron chi connectivity index (χ0n) is 11.6. The van der Waals surface area contributed by atoms with Gasteiger partial charge in [0.05, 0.1) is 6.10 Å². The van der Waals surface area contributed by atoms with Crippen molar-refractivity contribution in [1.82, 2.24) is 4.90 Å². The van der Waals surface area contributed by atoms with Crippen LogP contribution < -0.4 is 0 Å². The summed E-state index contributed by atoms with van der Waals surface area (Å²) < 4.78 is 5.89. The van der Waals surface area contributed by atoms with Crippen molar-refractivity contribution in [3.05, 3.63) is 35.4 Å². The molecule has 0 radical (unpaired) electrons. The third kappa shape index (κ3) is 2.69. The zero-order valence-corrected chi connectivity index (χ0v) is 11.6. The van der Waals surface area contributed by atoms with E-state index in [1.807, 2.05) is 0 Å². The van der Waals surface area contributed by atoms with Crippen LogP contribution in [0, 0.1) is 6.92 Å². The number of nitrogens with zero attached hydrogens (tertiary/aromatic N) is 1. The largest absolute Gasteiger partial charge is 0.390 e. The highest BCUT2D eigenvalue weighted by atomic mass is 16.5. The quantitative estimate of drug-likeness (QED) is 0.885. The normalized spacial score (nSPS) is 32.0. The molecule has 0 bridgehead atoms. The van der Waals surface area contributed by atoms with E-state index in [2.05, 4.69) is 36.1 Å². The molecule has 0 amide bonds. The molecular weight excluding hydrogens is 238 g/mol. The summed E-state index contributed by atoms with van der Waals surface area (Å²) in [5.41, 5.74) is 2.35. The molecule has 3 rings (SSSR count). The molecule has 2 heterocycles. The van der Waals surface area contributed by atoms with E-state index in [1.54, 1.807) is 0 Å². The third-order valence-corrected chi connectivity index (χ3v) is 4.48. The lowest BCUT2D eigenvalue weighted by Crippen LogP contribution is -2.56. The number of likely N-dealkylation sites (tertiary alicyclic amines) is 1. The summed E-state index contributed by atoms with van der Waals surface area (Å²) in [5, 5.41) is 10.2. The fourth-order valence-corrected chi connectivity index (χ4v) is 3.32. The molecule has 1 N–H and O–H groups in total. The fraction of sp³-hybridized carbons (Fsp3) is 0.625. The molecule has 1 spiro atoms. The van der Waals surface area contributed by atoms with Crippen molar-refractivity contribution in [2.75, 3.05) is 19.7 Å². The highest BCUT2D eigenvalue weighted by Crippen LogP contribution is 2.35. The number of aryl methyl sites for hydroxylation is 1. The molecular formula is C16H23NO2. The number of rotatable bonds is 2. The van der Waals surface area contributed by atoms with Gasteiger partial charge in [0.25, 0.3) is 0 Å². The molecule has 2 fully saturated rings. The first-order valence-electron chi connectivity index (χ1n) is 7.28. The molecule has 3 nitrogen and oxygen atoms in total. The summed E-state index contributed by atoms with van der Waals surface area (Å²) in [6, 6.07) is 8.72. The van der Waals surface area contributed by atoms with Crippen molar-refractivity contribution in [3.8, 4) is 0 Å². The maximum atomic E-state index is 10.2. The molecule has 1 aromatic rings. The van der Waals surface area contributed by atoms with E-state index in [4.69, 9.17) is 4.74 Å². The second-order valence-corrected chi connectivity index (χ2v) is 6.02. The maximum absolute atomic E-state index is 10.2. The first-order valence-corrected chi connectivity index (χ1v) is 7.28. The lowest BCUT2D eigenvalue weighted by atomic mass is 9.87. The highest BCUT2D eigenvalue weighted by Gasteiger charge is 2.45. The number of hydrogen-bond acceptors (Lipinski definition) is 3. The molecule has 104 valence electrons. The van der Waals surface area contributed by atoms with Crippen LogP contribution in [0.4, 0.5) is 0 Å². The maximum Gasteiger partial charge on any atom is 0.107 e. The van der Waals surface area contributed by atoms with Gasteiger partial charge in [-0.15, -0.1) is 0 Å². The van der Waals surface area contributed by atoms with Crippen LogP contribution in [-0.2, 0) is 11.3 Å². The number of benzene rings is 1. The average molecular weight is 261 g/mol. The molecule has 0 aromatic heterocycles. The monoisotopic (exact) mass is 261 g/mol. The van der Waals surface area contributed by atoms with Gasteiger partial charge in [0.2, 0.25) is 0 Å². The number of piperidine rings is 1. The zero-order chi connectivity index (χ0) is 13.3. The molecule has 3 heteroatoms. The van der Waals surface area contributed by atoms with Crippen molar-refractivity contribution in [3.63, 3.8) is 0 Å². The van der Waals surface area contributed by atoms with Crippen molar-refractivity contribution >= 4 is 0 Å². The van der Waals surface area contributed by atoms with Crippen LogP contribution in [0.2, 0.25) is 0 Å². The Morgan fingerprint density at radius 2 is 2.16 bits per heavy atom. The van der Waals surface area contributed by atoms with Crippen molar-refractivity contribution in [2.45, 2.75) is 44.4 Å². The number of aliphatic hydroxyl groups is 1. The van der Waals surface area contributed by atoms with E-state index in [1.165, 1.54) is 11.1 Å². The predicted octanol–water partition coefficient (Wildman–Crippen LogP) is 2.11. The lowest BCUT2D eigenvalue weighted by Gasteiger charge is -2.43. The highest BCUT2D eigenvalue weighted by molar-refractivity contribution is 5.21. The minimum Gasteiger partial charge on any atom is -0.390 e. The minimum atomic E-state index is -0.289. The van der Waals surface area contributed by atoms with Gasteiger partial charge in [-0.05, 0) is 31.7 Å². The van der Waals surface area contributed by atoms with E-state index in [0.717, 1.165) is 45.5 Å². The van der Waals surface area contributed by atoms with Crippen molar-refractivity contribution in [1.29, 1.82) is 0 Å². The van der Waals surface area contributed by atoms with Crippen molar-refractivity contribution in [2.24, 2.45) is 0 Å². The van der Waals surface area contributed by atoms with Gasteiger partial charge in [-0.1, -0.05) is 29.8 Å². The smallest absolute Gasteiger partial charge is 0.107 e.